The Labute approximate surface area is 107 Å². The number of halogens is 1. The summed E-state index contributed by atoms with van der Waals surface area (Å²) >= 11 is 5.91. The third-order valence-electron chi connectivity index (χ3n) is 3.00. The van der Waals surface area contributed by atoms with Crippen molar-refractivity contribution in [2.75, 3.05) is 25.4 Å². The van der Waals surface area contributed by atoms with Crippen molar-refractivity contribution in [1.82, 2.24) is 4.90 Å². The molecule has 0 saturated carbocycles. The largest absolute Gasteiger partial charge is 0.398 e. The average molecular weight is 255 g/mol. The van der Waals surface area contributed by atoms with E-state index < -0.39 is 0 Å². The quantitative estimate of drug-likeness (QED) is 0.825. The molecule has 1 aliphatic heterocycles. The van der Waals surface area contributed by atoms with Gasteiger partial charge in [0.2, 0.25) is 0 Å². The molecule has 1 unspecified atom stereocenters. The monoisotopic (exact) mass is 254 g/mol. The Morgan fingerprint density at radius 2 is 2.35 bits per heavy atom. The molecule has 17 heavy (non-hydrogen) atoms. The Bertz CT molecular complexity index is 384. The molecule has 0 amide bonds. The van der Waals surface area contributed by atoms with Crippen molar-refractivity contribution in [3.05, 3.63) is 28.8 Å². The zero-order valence-electron chi connectivity index (χ0n) is 10.2. The van der Waals surface area contributed by atoms with Gasteiger partial charge in [0, 0.05) is 26.2 Å². The topological polar surface area (TPSA) is 38.5 Å². The number of nitrogens with two attached hydrogens (primary N) is 1. The summed E-state index contributed by atoms with van der Waals surface area (Å²) in [4.78, 5) is 2.40. The SMILES string of the molecule is CC1CN(Cc2ccc(Cl)c(N)c2)CCCO1. The smallest absolute Gasteiger partial charge is 0.0674 e. The third-order valence-corrected chi connectivity index (χ3v) is 3.35. The number of anilines is 1. The van der Waals surface area contributed by atoms with Gasteiger partial charge < -0.3 is 10.5 Å². The number of nitrogen functional groups attached to an aromatic ring is 1. The van der Waals surface area contributed by atoms with Crippen LogP contribution in [0.4, 0.5) is 5.69 Å². The summed E-state index contributed by atoms with van der Waals surface area (Å²) in [5.41, 5.74) is 7.67. The third kappa shape index (κ3) is 3.60. The molecule has 1 aromatic carbocycles. The molecule has 1 aliphatic rings. The molecule has 0 bridgehead atoms. The Morgan fingerprint density at radius 3 is 3.12 bits per heavy atom. The van der Waals surface area contributed by atoms with Crippen LogP contribution in [0, 0.1) is 0 Å². The van der Waals surface area contributed by atoms with Crippen LogP contribution in [-0.2, 0) is 11.3 Å². The van der Waals surface area contributed by atoms with Crippen molar-refractivity contribution in [3.8, 4) is 0 Å². The highest BCUT2D eigenvalue weighted by Crippen LogP contribution is 2.21. The molecule has 2 N–H and O–H groups in total. The summed E-state index contributed by atoms with van der Waals surface area (Å²) in [5.74, 6) is 0. The molecule has 0 spiro atoms. The zero-order valence-corrected chi connectivity index (χ0v) is 10.9. The number of ether oxygens (including phenoxy) is 1. The minimum absolute atomic E-state index is 0.308. The van der Waals surface area contributed by atoms with E-state index in [0.717, 1.165) is 32.7 Å². The molecule has 1 heterocycles. The first-order valence-corrected chi connectivity index (χ1v) is 6.41. The van der Waals surface area contributed by atoms with Crippen LogP contribution in [-0.4, -0.2) is 30.7 Å². The Balaban J connectivity index is 2.01. The van der Waals surface area contributed by atoms with Crippen molar-refractivity contribution in [3.63, 3.8) is 0 Å². The maximum Gasteiger partial charge on any atom is 0.0674 e. The van der Waals surface area contributed by atoms with E-state index in [1.54, 1.807) is 0 Å². The van der Waals surface area contributed by atoms with Gasteiger partial charge in [-0.1, -0.05) is 17.7 Å². The van der Waals surface area contributed by atoms with Gasteiger partial charge in [-0.25, -0.2) is 0 Å². The van der Waals surface area contributed by atoms with E-state index in [2.05, 4.69) is 11.8 Å². The Kier molecular flexibility index (Phi) is 4.26. The molecule has 0 aromatic heterocycles. The van der Waals surface area contributed by atoms with Gasteiger partial charge in [-0.15, -0.1) is 0 Å². The van der Waals surface area contributed by atoms with Gasteiger partial charge in [0.15, 0.2) is 0 Å². The number of hydrogen-bond acceptors (Lipinski definition) is 3. The highest BCUT2D eigenvalue weighted by Gasteiger charge is 2.15. The molecule has 1 fully saturated rings. The second-order valence-electron chi connectivity index (χ2n) is 4.63. The number of benzene rings is 1. The van der Waals surface area contributed by atoms with E-state index in [1.165, 1.54) is 5.56 Å². The van der Waals surface area contributed by atoms with Gasteiger partial charge in [0.1, 0.15) is 0 Å². The molecule has 94 valence electrons. The van der Waals surface area contributed by atoms with Gasteiger partial charge in [-0.3, -0.25) is 4.90 Å². The van der Waals surface area contributed by atoms with Crippen molar-refractivity contribution in [1.29, 1.82) is 0 Å². The van der Waals surface area contributed by atoms with E-state index in [0.29, 0.717) is 16.8 Å². The normalized spacial score (nSPS) is 22.4. The van der Waals surface area contributed by atoms with Gasteiger partial charge >= 0.3 is 0 Å². The minimum Gasteiger partial charge on any atom is -0.398 e. The van der Waals surface area contributed by atoms with Gasteiger partial charge in [-0.05, 0) is 31.0 Å². The highest BCUT2D eigenvalue weighted by molar-refractivity contribution is 6.33. The van der Waals surface area contributed by atoms with Crippen LogP contribution in [0.5, 0.6) is 0 Å². The summed E-state index contributed by atoms with van der Waals surface area (Å²) in [5, 5.41) is 0.626. The predicted octanol–water partition coefficient (Wildman–Crippen LogP) is 2.53. The van der Waals surface area contributed by atoms with Crippen molar-refractivity contribution in [2.24, 2.45) is 0 Å². The van der Waals surface area contributed by atoms with Crippen LogP contribution < -0.4 is 5.73 Å². The second-order valence-corrected chi connectivity index (χ2v) is 5.03. The standard InChI is InChI=1S/C13H19ClN2O/c1-10-8-16(5-2-6-17-10)9-11-3-4-12(14)13(15)7-11/h3-4,7,10H,2,5-6,8-9,15H2,1H3. The lowest BCUT2D eigenvalue weighted by atomic mass is 10.2. The lowest BCUT2D eigenvalue weighted by Gasteiger charge is -2.21. The van der Waals surface area contributed by atoms with Crippen molar-refractivity contribution in [2.45, 2.75) is 26.0 Å². The average Bonchev–Trinajstić information content (AvgIpc) is 2.48. The molecular weight excluding hydrogens is 236 g/mol. The fourth-order valence-corrected chi connectivity index (χ4v) is 2.29. The first-order chi connectivity index (χ1) is 8.15. The summed E-state index contributed by atoms with van der Waals surface area (Å²) < 4.78 is 5.63. The fraction of sp³-hybridized carbons (Fsp3) is 0.538. The lowest BCUT2D eigenvalue weighted by Crippen LogP contribution is -2.29. The van der Waals surface area contributed by atoms with Crippen LogP contribution in [0.1, 0.15) is 18.9 Å². The van der Waals surface area contributed by atoms with Crippen LogP contribution in [0.25, 0.3) is 0 Å². The summed E-state index contributed by atoms with van der Waals surface area (Å²) in [7, 11) is 0. The molecule has 0 radical (unpaired) electrons. The second kappa shape index (κ2) is 5.71. The first kappa shape index (κ1) is 12.7. The van der Waals surface area contributed by atoms with Gasteiger partial charge in [0.25, 0.3) is 0 Å². The van der Waals surface area contributed by atoms with E-state index >= 15 is 0 Å². The number of nitrogens with zero attached hydrogens (tertiary/aromatic N) is 1. The Morgan fingerprint density at radius 1 is 1.53 bits per heavy atom. The maximum absolute atomic E-state index is 5.91. The van der Waals surface area contributed by atoms with Gasteiger partial charge in [-0.2, -0.15) is 0 Å². The van der Waals surface area contributed by atoms with Crippen LogP contribution >= 0.6 is 11.6 Å². The molecule has 3 nitrogen and oxygen atoms in total. The molecular formula is C13H19ClN2O. The van der Waals surface area contributed by atoms with E-state index in [1.807, 2.05) is 18.2 Å². The molecule has 4 heteroatoms. The van der Waals surface area contributed by atoms with Crippen molar-refractivity contribution >= 4 is 17.3 Å². The lowest BCUT2D eigenvalue weighted by molar-refractivity contribution is 0.0668. The molecule has 1 aromatic rings. The van der Waals surface area contributed by atoms with Crippen molar-refractivity contribution < 1.29 is 4.74 Å². The first-order valence-electron chi connectivity index (χ1n) is 6.03. The van der Waals surface area contributed by atoms with Crippen LogP contribution in [0.15, 0.2) is 18.2 Å². The molecule has 0 aliphatic carbocycles. The molecule has 1 saturated heterocycles. The summed E-state index contributed by atoms with van der Waals surface area (Å²) in [6.07, 6.45) is 1.40. The Hall–Kier alpha value is -0.770. The van der Waals surface area contributed by atoms with Crippen LogP contribution in [0.2, 0.25) is 5.02 Å². The van der Waals surface area contributed by atoms with E-state index in [-0.39, 0.29) is 0 Å². The maximum atomic E-state index is 5.91. The number of hydrogen-bond donors (Lipinski definition) is 1. The van der Waals surface area contributed by atoms with Gasteiger partial charge in [0.05, 0.1) is 16.8 Å². The minimum atomic E-state index is 0.308. The molecule has 2 rings (SSSR count). The number of rotatable bonds is 2. The fourth-order valence-electron chi connectivity index (χ4n) is 2.17. The predicted molar refractivity (Wildman–Crippen MR) is 71.2 cm³/mol. The molecule has 1 atom stereocenters. The summed E-state index contributed by atoms with van der Waals surface area (Å²) in [6, 6.07) is 5.86. The van der Waals surface area contributed by atoms with E-state index in [4.69, 9.17) is 22.1 Å². The highest BCUT2D eigenvalue weighted by atomic mass is 35.5. The van der Waals surface area contributed by atoms with Crippen LogP contribution in [0.3, 0.4) is 0 Å². The zero-order chi connectivity index (χ0) is 12.3. The van der Waals surface area contributed by atoms with E-state index in [9.17, 15) is 0 Å². The summed E-state index contributed by atoms with van der Waals surface area (Å²) in [6.45, 7) is 5.94.